The van der Waals surface area contributed by atoms with Gasteiger partial charge >= 0.3 is 0 Å². The van der Waals surface area contributed by atoms with E-state index in [0.29, 0.717) is 13.0 Å². The third-order valence-corrected chi connectivity index (χ3v) is 6.84. The van der Waals surface area contributed by atoms with Gasteiger partial charge in [-0.25, -0.2) is 4.98 Å². The Labute approximate surface area is 196 Å². The molecular weight excluding hydrogens is 426 g/mol. The summed E-state index contributed by atoms with van der Waals surface area (Å²) in [6.07, 6.45) is 0.396. The molecule has 0 aliphatic heterocycles. The van der Waals surface area contributed by atoms with E-state index < -0.39 is 0 Å². The fourth-order valence-electron chi connectivity index (χ4n) is 3.77. The molecule has 3 rings (SSSR count). The summed E-state index contributed by atoms with van der Waals surface area (Å²) in [6, 6.07) is 10.6. The molecule has 0 aliphatic carbocycles. The van der Waals surface area contributed by atoms with Gasteiger partial charge in [0, 0.05) is 13.1 Å². The maximum atomic E-state index is 13.4. The number of nitrogens with zero attached hydrogens (tertiary/aromatic N) is 3. The smallest absolute Gasteiger partial charge is 0.233 e. The molecule has 0 spiro atoms. The van der Waals surface area contributed by atoms with Crippen molar-refractivity contribution < 1.29 is 4.79 Å². The lowest BCUT2D eigenvalue weighted by Crippen LogP contribution is -2.39. The zero-order valence-corrected chi connectivity index (χ0v) is 21.1. The number of carbonyl (C=O) groups excluding carboxylic acids is 1. The van der Waals surface area contributed by atoms with Crippen molar-refractivity contribution in [1.82, 2.24) is 9.88 Å². The lowest BCUT2D eigenvalue weighted by molar-refractivity contribution is -0.118. The SMILES string of the molecule is CCN(CC)CCN(C(=O)Cc1ccc(C)c(C)c1)c1nc2c(C)cc(C)cc2s1.Cl. The molecule has 0 N–H and O–H groups in total. The topological polar surface area (TPSA) is 36.4 Å². The molecule has 4 nitrogen and oxygen atoms in total. The molecule has 0 unspecified atom stereocenters. The van der Waals surface area contributed by atoms with E-state index in [0.717, 1.165) is 46.1 Å². The summed E-state index contributed by atoms with van der Waals surface area (Å²) >= 11 is 1.62. The van der Waals surface area contributed by atoms with Crippen LogP contribution in [-0.2, 0) is 11.2 Å². The number of amides is 1. The Kier molecular flexibility index (Phi) is 9.04. The van der Waals surface area contributed by atoms with Crippen LogP contribution in [-0.4, -0.2) is 42.0 Å². The van der Waals surface area contributed by atoms with Gasteiger partial charge in [-0.05, 0) is 74.7 Å². The van der Waals surface area contributed by atoms with Crippen LogP contribution in [0.15, 0.2) is 30.3 Å². The Morgan fingerprint density at radius 1 is 0.935 bits per heavy atom. The lowest BCUT2D eigenvalue weighted by atomic mass is 10.0. The largest absolute Gasteiger partial charge is 0.302 e. The number of aryl methyl sites for hydroxylation is 4. The second-order valence-electron chi connectivity index (χ2n) is 8.09. The van der Waals surface area contributed by atoms with Crippen molar-refractivity contribution in [3.8, 4) is 0 Å². The Balaban J connectivity index is 0.00000341. The second-order valence-corrected chi connectivity index (χ2v) is 9.10. The Morgan fingerprint density at radius 2 is 1.65 bits per heavy atom. The van der Waals surface area contributed by atoms with Crippen molar-refractivity contribution in [2.75, 3.05) is 31.1 Å². The monoisotopic (exact) mass is 459 g/mol. The van der Waals surface area contributed by atoms with Gasteiger partial charge in [0.1, 0.15) is 0 Å². The molecule has 6 heteroatoms. The number of fused-ring (bicyclic) bond motifs is 1. The van der Waals surface area contributed by atoms with Gasteiger partial charge in [0.15, 0.2) is 5.13 Å². The Morgan fingerprint density at radius 3 is 2.29 bits per heavy atom. The molecule has 0 saturated heterocycles. The summed E-state index contributed by atoms with van der Waals surface area (Å²) in [7, 11) is 0. The normalized spacial score (nSPS) is 11.1. The Hall–Kier alpha value is -1.95. The summed E-state index contributed by atoms with van der Waals surface area (Å²) in [6.45, 7) is 16.2. The van der Waals surface area contributed by atoms with Crippen molar-refractivity contribution in [3.05, 3.63) is 58.1 Å². The number of anilines is 1. The van der Waals surface area contributed by atoms with Gasteiger partial charge in [-0.15, -0.1) is 12.4 Å². The van der Waals surface area contributed by atoms with Crippen molar-refractivity contribution in [3.63, 3.8) is 0 Å². The molecule has 0 aliphatic rings. The number of thiazole rings is 1. The molecule has 0 bridgehead atoms. The van der Waals surface area contributed by atoms with Crippen LogP contribution in [0.4, 0.5) is 5.13 Å². The van der Waals surface area contributed by atoms with E-state index in [4.69, 9.17) is 4.98 Å². The standard InChI is InChI=1S/C25H33N3OS.ClH/c1-7-27(8-2)11-12-28(23(29)16-21-10-9-18(4)19(5)15-21)25-26-24-20(6)13-17(3)14-22(24)30-25;/h9-10,13-15H,7-8,11-12,16H2,1-6H3;1H. The van der Waals surface area contributed by atoms with Gasteiger partial charge in [0.05, 0.1) is 16.6 Å². The van der Waals surface area contributed by atoms with Gasteiger partial charge in [0.25, 0.3) is 0 Å². The third-order valence-electron chi connectivity index (χ3n) is 5.81. The quantitative estimate of drug-likeness (QED) is 0.422. The highest BCUT2D eigenvalue weighted by atomic mass is 35.5. The van der Waals surface area contributed by atoms with Crippen LogP contribution in [0.25, 0.3) is 10.2 Å². The predicted octanol–water partition coefficient (Wildman–Crippen LogP) is 5.87. The molecule has 0 radical (unpaired) electrons. The molecule has 3 aromatic rings. The van der Waals surface area contributed by atoms with Crippen LogP contribution < -0.4 is 4.90 Å². The van der Waals surface area contributed by atoms with E-state index in [9.17, 15) is 4.79 Å². The van der Waals surface area contributed by atoms with E-state index in [1.54, 1.807) is 11.3 Å². The zero-order valence-electron chi connectivity index (χ0n) is 19.5. The van der Waals surface area contributed by atoms with Crippen molar-refractivity contribution in [2.45, 2.75) is 48.0 Å². The van der Waals surface area contributed by atoms with Crippen molar-refractivity contribution >= 4 is 45.0 Å². The number of benzene rings is 2. The molecule has 2 aromatic carbocycles. The van der Waals surface area contributed by atoms with E-state index >= 15 is 0 Å². The molecule has 168 valence electrons. The summed E-state index contributed by atoms with van der Waals surface area (Å²) in [5.41, 5.74) is 6.93. The number of carbonyl (C=O) groups is 1. The first-order valence-electron chi connectivity index (χ1n) is 10.8. The van der Waals surface area contributed by atoms with Crippen molar-refractivity contribution in [2.24, 2.45) is 0 Å². The number of halogens is 1. The maximum absolute atomic E-state index is 13.4. The first-order valence-corrected chi connectivity index (χ1v) is 11.6. The van der Waals surface area contributed by atoms with Gasteiger partial charge in [0.2, 0.25) is 5.91 Å². The molecule has 0 atom stereocenters. The molecule has 0 fully saturated rings. The number of hydrogen-bond donors (Lipinski definition) is 0. The number of aromatic nitrogens is 1. The van der Waals surface area contributed by atoms with Crippen LogP contribution in [0.2, 0.25) is 0 Å². The van der Waals surface area contributed by atoms with Gasteiger partial charge in [-0.2, -0.15) is 0 Å². The molecule has 1 aromatic heterocycles. The van der Waals surface area contributed by atoms with E-state index in [1.165, 1.54) is 16.7 Å². The summed E-state index contributed by atoms with van der Waals surface area (Å²) < 4.78 is 1.15. The fraction of sp³-hybridized carbons (Fsp3) is 0.440. The van der Waals surface area contributed by atoms with Crippen LogP contribution in [0.5, 0.6) is 0 Å². The Bertz CT molecular complexity index is 1040. The van der Waals surface area contributed by atoms with Crippen LogP contribution in [0, 0.1) is 27.7 Å². The average Bonchev–Trinajstić information content (AvgIpc) is 3.12. The molecule has 1 amide bonds. The van der Waals surface area contributed by atoms with E-state index in [-0.39, 0.29) is 18.3 Å². The minimum absolute atomic E-state index is 0. The second kappa shape index (κ2) is 11.1. The zero-order chi connectivity index (χ0) is 21.8. The average molecular weight is 460 g/mol. The van der Waals surface area contributed by atoms with Crippen LogP contribution in [0.1, 0.15) is 41.7 Å². The van der Waals surface area contributed by atoms with Gasteiger partial charge < -0.3 is 4.90 Å². The van der Waals surface area contributed by atoms with Crippen LogP contribution >= 0.6 is 23.7 Å². The van der Waals surface area contributed by atoms with Gasteiger partial charge in [-0.3, -0.25) is 9.69 Å². The maximum Gasteiger partial charge on any atom is 0.233 e. The highest BCUT2D eigenvalue weighted by Gasteiger charge is 2.21. The van der Waals surface area contributed by atoms with E-state index in [2.05, 4.69) is 76.8 Å². The summed E-state index contributed by atoms with van der Waals surface area (Å²) in [4.78, 5) is 22.5. The summed E-state index contributed by atoms with van der Waals surface area (Å²) in [5, 5.41) is 0.805. The minimum atomic E-state index is 0. The molecular formula is C25H34ClN3OS. The highest BCUT2D eigenvalue weighted by Crippen LogP contribution is 2.32. The number of rotatable bonds is 8. The predicted molar refractivity (Wildman–Crippen MR) is 136 cm³/mol. The lowest BCUT2D eigenvalue weighted by Gasteiger charge is -2.25. The van der Waals surface area contributed by atoms with Crippen LogP contribution in [0.3, 0.4) is 0 Å². The molecule has 31 heavy (non-hydrogen) atoms. The third kappa shape index (κ3) is 6.06. The molecule has 1 heterocycles. The molecule has 0 saturated carbocycles. The highest BCUT2D eigenvalue weighted by molar-refractivity contribution is 7.22. The van der Waals surface area contributed by atoms with Gasteiger partial charge in [-0.1, -0.05) is 49.4 Å². The van der Waals surface area contributed by atoms with Crippen molar-refractivity contribution in [1.29, 1.82) is 0 Å². The fourth-order valence-corrected chi connectivity index (χ4v) is 4.95. The number of likely N-dealkylation sites (N-methyl/N-ethyl adjacent to an activating group) is 1. The minimum Gasteiger partial charge on any atom is -0.302 e. The first kappa shape index (κ1) is 25.3. The first-order chi connectivity index (χ1) is 14.3. The van der Waals surface area contributed by atoms with E-state index in [1.807, 2.05) is 4.90 Å². The number of hydrogen-bond acceptors (Lipinski definition) is 4. The summed E-state index contributed by atoms with van der Waals surface area (Å²) in [5.74, 6) is 0.110.